The lowest BCUT2D eigenvalue weighted by Crippen LogP contribution is -2.05. The molecule has 0 aliphatic carbocycles. The molecule has 0 N–H and O–H groups in total. The van der Waals surface area contributed by atoms with Gasteiger partial charge in [0.05, 0.1) is 17.3 Å². The van der Waals surface area contributed by atoms with Crippen molar-refractivity contribution in [3.8, 4) is 11.5 Å². The highest BCUT2D eigenvalue weighted by atomic mass is 127. The van der Waals surface area contributed by atoms with E-state index < -0.39 is 5.97 Å². The zero-order valence-corrected chi connectivity index (χ0v) is 17.0. The summed E-state index contributed by atoms with van der Waals surface area (Å²) in [5, 5.41) is 0.602. The van der Waals surface area contributed by atoms with Gasteiger partial charge in [0.25, 0.3) is 0 Å². The minimum Gasteiger partial charge on any atom is -0.493 e. The van der Waals surface area contributed by atoms with Crippen molar-refractivity contribution in [1.29, 1.82) is 0 Å². The number of ether oxygens (including phenoxy) is 3. The number of nitrogens with zero attached hydrogens (tertiary/aromatic N) is 1. The lowest BCUT2D eigenvalue weighted by Gasteiger charge is -2.12. The number of methoxy groups -OCH3 is 1. The van der Waals surface area contributed by atoms with Crippen molar-refractivity contribution in [3.63, 3.8) is 0 Å². The third-order valence-corrected chi connectivity index (χ3v) is 4.61. The van der Waals surface area contributed by atoms with Crippen LogP contribution in [0.5, 0.6) is 11.5 Å². The van der Waals surface area contributed by atoms with E-state index in [0.717, 1.165) is 9.13 Å². The maximum atomic E-state index is 12.1. The number of rotatable bonds is 5. The van der Waals surface area contributed by atoms with Gasteiger partial charge in [0.1, 0.15) is 0 Å². The van der Waals surface area contributed by atoms with Crippen molar-refractivity contribution in [3.05, 3.63) is 61.8 Å². The number of hydrogen-bond acceptors (Lipinski definition) is 5. The van der Waals surface area contributed by atoms with Gasteiger partial charge in [-0.1, -0.05) is 11.6 Å². The highest BCUT2D eigenvalue weighted by Crippen LogP contribution is 2.35. The summed E-state index contributed by atoms with van der Waals surface area (Å²) in [6.45, 7) is 2.45. The molecule has 1 aliphatic heterocycles. The molecule has 0 fully saturated rings. The molecule has 3 rings (SSSR count). The molecule has 0 aromatic heterocycles. The maximum Gasteiger partial charge on any atom is 0.363 e. The molecule has 2 aromatic carbocycles. The Morgan fingerprint density at radius 2 is 2.00 bits per heavy atom. The minimum absolute atomic E-state index is 0.219. The number of benzene rings is 2. The van der Waals surface area contributed by atoms with Crippen LogP contribution < -0.4 is 9.47 Å². The molecule has 134 valence electrons. The first-order valence-electron chi connectivity index (χ1n) is 7.80. The Bertz CT molecular complexity index is 907. The molecule has 0 unspecified atom stereocenters. The Balaban J connectivity index is 1.95. The summed E-state index contributed by atoms with van der Waals surface area (Å²) in [6.07, 6.45) is 1.66. The van der Waals surface area contributed by atoms with Gasteiger partial charge in [-0.3, -0.25) is 0 Å². The fourth-order valence-corrected chi connectivity index (χ4v) is 3.30. The van der Waals surface area contributed by atoms with Gasteiger partial charge in [-0.25, -0.2) is 9.79 Å². The third kappa shape index (κ3) is 4.02. The van der Waals surface area contributed by atoms with Gasteiger partial charge in [-0.2, -0.15) is 0 Å². The molecule has 0 atom stereocenters. The summed E-state index contributed by atoms with van der Waals surface area (Å²) in [5.74, 6) is 1.03. The average molecular weight is 484 g/mol. The van der Waals surface area contributed by atoms with E-state index in [1.165, 1.54) is 0 Å². The summed E-state index contributed by atoms with van der Waals surface area (Å²) in [7, 11) is 1.57. The van der Waals surface area contributed by atoms with Crippen molar-refractivity contribution >= 4 is 52.1 Å². The van der Waals surface area contributed by atoms with Gasteiger partial charge >= 0.3 is 5.97 Å². The first kappa shape index (κ1) is 18.7. The van der Waals surface area contributed by atoms with Gasteiger partial charge in [0.2, 0.25) is 5.90 Å². The fourth-order valence-electron chi connectivity index (χ4n) is 2.39. The molecule has 26 heavy (non-hydrogen) atoms. The maximum absolute atomic E-state index is 12.1. The van der Waals surface area contributed by atoms with E-state index in [-0.39, 0.29) is 11.6 Å². The van der Waals surface area contributed by atoms with Crippen LogP contribution in [-0.2, 0) is 9.53 Å². The highest BCUT2D eigenvalue weighted by Gasteiger charge is 2.24. The van der Waals surface area contributed by atoms with Crippen molar-refractivity contribution < 1.29 is 19.0 Å². The number of aliphatic imine (C=N–C) groups is 1. The Kier molecular flexibility index (Phi) is 5.83. The van der Waals surface area contributed by atoms with E-state index in [1.807, 2.05) is 13.0 Å². The van der Waals surface area contributed by atoms with E-state index >= 15 is 0 Å². The van der Waals surface area contributed by atoms with Crippen LogP contribution in [0.2, 0.25) is 5.02 Å². The smallest absolute Gasteiger partial charge is 0.363 e. The van der Waals surface area contributed by atoms with Gasteiger partial charge in [-0.05, 0) is 77.6 Å². The number of carbonyl (C=O) groups is 1. The molecule has 0 saturated carbocycles. The van der Waals surface area contributed by atoms with Crippen LogP contribution in [0, 0.1) is 3.57 Å². The Labute approximate surface area is 169 Å². The molecule has 0 bridgehead atoms. The molecule has 0 spiro atoms. The molecule has 1 heterocycles. The predicted molar refractivity (Wildman–Crippen MR) is 109 cm³/mol. The van der Waals surface area contributed by atoms with E-state index in [9.17, 15) is 4.79 Å². The highest BCUT2D eigenvalue weighted by molar-refractivity contribution is 14.1. The first-order chi connectivity index (χ1) is 12.5. The monoisotopic (exact) mass is 483 g/mol. The van der Waals surface area contributed by atoms with Crippen LogP contribution >= 0.6 is 34.2 Å². The summed E-state index contributed by atoms with van der Waals surface area (Å²) >= 11 is 8.05. The van der Waals surface area contributed by atoms with Crippen molar-refractivity contribution in [2.45, 2.75) is 6.92 Å². The standard InChI is InChI=1S/C19H15ClINO4/c1-3-25-17-14(21)8-11(10-16(17)24-2)9-15-19(23)26-18(22-15)12-4-6-13(20)7-5-12/h4-10H,3H2,1-2H3. The summed E-state index contributed by atoms with van der Waals surface area (Å²) in [4.78, 5) is 16.4. The molecule has 7 heteroatoms. The van der Waals surface area contributed by atoms with Crippen LogP contribution in [0.25, 0.3) is 6.08 Å². The molecule has 0 radical (unpaired) electrons. The number of halogens is 2. The molecular weight excluding hydrogens is 469 g/mol. The number of hydrogen-bond donors (Lipinski definition) is 0. The van der Waals surface area contributed by atoms with Crippen LogP contribution in [-0.4, -0.2) is 25.6 Å². The summed E-state index contributed by atoms with van der Waals surface area (Å²) in [5.41, 5.74) is 1.67. The topological polar surface area (TPSA) is 57.1 Å². The van der Waals surface area contributed by atoms with Crippen molar-refractivity contribution in [2.24, 2.45) is 4.99 Å². The first-order valence-corrected chi connectivity index (χ1v) is 9.26. The zero-order valence-electron chi connectivity index (χ0n) is 14.1. The van der Waals surface area contributed by atoms with Crippen LogP contribution in [0.1, 0.15) is 18.1 Å². The van der Waals surface area contributed by atoms with Gasteiger partial charge in [0, 0.05) is 10.6 Å². The minimum atomic E-state index is -0.502. The molecular formula is C19H15ClINO4. The SMILES string of the molecule is CCOc1c(I)cc(C=C2N=C(c3ccc(Cl)cc3)OC2=O)cc1OC. The Morgan fingerprint density at radius 1 is 1.27 bits per heavy atom. The summed E-state index contributed by atoms with van der Waals surface area (Å²) in [6, 6.07) is 10.6. The van der Waals surface area contributed by atoms with E-state index in [0.29, 0.717) is 28.7 Å². The van der Waals surface area contributed by atoms with Crippen LogP contribution in [0.3, 0.4) is 0 Å². The second kappa shape index (κ2) is 8.09. The van der Waals surface area contributed by atoms with Gasteiger partial charge in [-0.15, -0.1) is 0 Å². The molecule has 0 amide bonds. The Hall–Kier alpha value is -2.06. The van der Waals surface area contributed by atoms with Gasteiger partial charge in [0.15, 0.2) is 17.2 Å². The second-order valence-electron chi connectivity index (χ2n) is 5.31. The van der Waals surface area contributed by atoms with Crippen molar-refractivity contribution in [2.75, 3.05) is 13.7 Å². The predicted octanol–water partition coefficient (Wildman–Crippen LogP) is 4.70. The quantitative estimate of drug-likeness (QED) is 0.352. The number of esters is 1. The molecule has 0 saturated heterocycles. The molecule has 2 aromatic rings. The largest absolute Gasteiger partial charge is 0.493 e. The average Bonchev–Trinajstić information content (AvgIpc) is 2.98. The number of cyclic esters (lactones) is 1. The normalized spacial score (nSPS) is 15.0. The Morgan fingerprint density at radius 3 is 2.65 bits per heavy atom. The summed E-state index contributed by atoms with van der Waals surface area (Å²) < 4.78 is 17.1. The lowest BCUT2D eigenvalue weighted by molar-refractivity contribution is -0.129. The number of carbonyl (C=O) groups excluding carboxylic acids is 1. The van der Waals surface area contributed by atoms with Gasteiger partial charge < -0.3 is 14.2 Å². The van der Waals surface area contributed by atoms with Crippen LogP contribution in [0.15, 0.2) is 47.1 Å². The molecule has 1 aliphatic rings. The lowest BCUT2D eigenvalue weighted by atomic mass is 10.1. The zero-order chi connectivity index (χ0) is 18.7. The van der Waals surface area contributed by atoms with Crippen molar-refractivity contribution in [1.82, 2.24) is 0 Å². The molecule has 5 nitrogen and oxygen atoms in total. The van der Waals surface area contributed by atoms with E-state index in [1.54, 1.807) is 43.5 Å². The third-order valence-electron chi connectivity index (χ3n) is 3.56. The van der Waals surface area contributed by atoms with E-state index in [2.05, 4.69) is 27.6 Å². The fraction of sp³-hybridized carbons (Fsp3) is 0.158. The van der Waals surface area contributed by atoms with Crippen LogP contribution in [0.4, 0.5) is 0 Å². The second-order valence-corrected chi connectivity index (χ2v) is 6.91. The van der Waals surface area contributed by atoms with E-state index in [4.69, 9.17) is 25.8 Å².